The number of methoxy groups -OCH3 is 1. The third-order valence-electron chi connectivity index (χ3n) is 7.54. The summed E-state index contributed by atoms with van der Waals surface area (Å²) in [6, 6.07) is 21.8. The van der Waals surface area contributed by atoms with Crippen molar-refractivity contribution in [3.63, 3.8) is 0 Å². The van der Waals surface area contributed by atoms with Gasteiger partial charge >= 0.3 is 0 Å². The lowest BCUT2D eigenvalue weighted by atomic mass is 9.87. The van der Waals surface area contributed by atoms with Gasteiger partial charge in [-0.25, -0.2) is 4.39 Å². The zero-order valence-electron chi connectivity index (χ0n) is 21.3. The summed E-state index contributed by atoms with van der Waals surface area (Å²) in [6.07, 6.45) is 0. The number of likely N-dealkylation sites (tertiary alicyclic amines) is 1. The van der Waals surface area contributed by atoms with Gasteiger partial charge in [-0.1, -0.05) is 42.0 Å². The van der Waals surface area contributed by atoms with Crippen molar-refractivity contribution in [3.8, 4) is 5.75 Å². The third kappa shape index (κ3) is 5.17. The Kier molecular flexibility index (Phi) is 7.12. The fourth-order valence-electron chi connectivity index (χ4n) is 5.44. The first-order valence-corrected chi connectivity index (χ1v) is 12.7. The van der Waals surface area contributed by atoms with Crippen LogP contribution in [0.2, 0.25) is 0 Å². The highest BCUT2D eigenvalue weighted by atomic mass is 19.1. The highest BCUT2D eigenvalue weighted by molar-refractivity contribution is 5.95. The van der Waals surface area contributed by atoms with Gasteiger partial charge in [-0.15, -0.1) is 0 Å². The van der Waals surface area contributed by atoms with E-state index in [1.54, 1.807) is 12.0 Å². The first-order valence-electron chi connectivity index (χ1n) is 12.7. The van der Waals surface area contributed by atoms with Gasteiger partial charge < -0.3 is 19.4 Å². The number of amides is 2. The molecular weight excluding hydrogens is 469 g/mol. The molecule has 2 fully saturated rings. The zero-order chi connectivity index (χ0) is 25.9. The van der Waals surface area contributed by atoms with Crippen LogP contribution in [0.15, 0.2) is 72.8 Å². The molecule has 0 radical (unpaired) electrons. The number of anilines is 1. The molecule has 0 aromatic heterocycles. The van der Waals surface area contributed by atoms with Gasteiger partial charge in [0.25, 0.3) is 5.91 Å². The highest BCUT2D eigenvalue weighted by Crippen LogP contribution is 2.36. The molecule has 2 heterocycles. The fourth-order valence-corrected chi connectivity index (χ4v) is 5.44. The Bertz CT molecular complexity index is 1250. The molecule has 3 aromatic rings. The van der Waals surface area contributed by atoms with E-state index in [0.717, 1.165) is 22.6 Å². The van der Waals surface area contributed by atoms with Gasteiger partial charge in [0.15, 0.2) is 0 Å². The first kappa shape index (κ1) is 24.8. The molecule has 5 rings (SSSR count). The summed E-state index contributed by atoms with van der Waals surface area (Å²) in [5.41, 5.74) is 3.68. The van der Waals surface area contributed by atoms with Crippen molar-refractivity contribution in [2.45, 2.75) is 12.8 Å². The van der Waals surface area contributed by atoms with E-state index in [9.17, 15) is 14.0 Å². The van der Waals surface area contributed by atoms with E-state index in [4.69, 9.17) is 4.74 Å². The smallest absolute Gasteiger partial charge is 0.253 e. The van der Waals surface area contributed by atoms with Crippen LogP contribution in [0.5, 0.6) is 5.75 Å². The Hall–Kier alpha value is -3.87. The van der Waals surface area contributed by atoms with E-state index < -0.39 is 0 Å². The second-order valence-corrected chi connectivity index (χ2v) is 9.82. The normalized spacial score (nSPS) is 19.7. The topological polar surface area (TPSA) is 53.1 Å². The lowest BCUT2D eigenvalue weighted by molar-refractivity contribution is -0.135. The molecular formula is C30H32FN3O3. The molecule has 3 aromatic carbocycles. The quantitative estimate of drug-likeness (QED) is 0.522. The van der Waals surface area contributed by atoms with E-state index in [1.165, 1.54) is 24.3 Å². The lowest BCUT2D eigenvalue weighted by Gasteiger charge is -2.38. The second-order valence-electron chi connectivity index (χ2n) is 9.82. The van der Waals surface area contributed by atoms with Crippen molar-refractivity contribution >= 4 is 17.5 Å². The lowest BCUT2D eigenvalue weighted by Crippen LogP contribution is -2.51. The number of hydrogen-bond donors (Lipinski definition) is 0. The maximum atomic E-state index is 13.9. The summed E-state index contributed by atoms with van der Waals surface area (Å²) in [5, 5.41) is 0. The van der Waals surface area contributed by atoms with Crippen LogP contribution < -0.4 is 9.64 Å². The largest absolute Gasteiger partial charge is 0.495 e. The predicted octanol–water partition coefficient (Wildman–Crippen LogP) is 4.35. The van der Waals surface area contributed by atoms with E-state index in [-0.39, 0.29) is 29.5 Å². The van der Waals surface area contributed by atoms with Crippen LogP contribution in [0, 0.1) is 18.7 Å². The minimum absolute atomic E-state index is 0.0830. The van der Waals surface area contributed by atoms with E-state index in [1.807, 2.05) is 48.2 Å². The Labute approximate surface area is 217 Å². The molecule has 2 amide bonds. The average molecular weight is 502 g/mol. The fraction of sp³-hybridized carbons (Fsp3) is 0.333. The molecule has 2 atom stereocenters. The van der Waals surface area contributed by atoms with Gasteiger partial charge in [-0.2, -0.15) is 0 Å². The van der Waals surface area contributed by atoms with Gasteiger partial charge in [0.2, 0.25) is 5.91 Å². The van der Waals surface area contributed by atoms with Gasteiger partial charge in [0.1, 0.15) is 11.6 Å². The minimum Gasteiger partial charge on any atom is -0.495 e. The number of carbonyl (C=O) groups is 2. The zero-order valence-corrected chi connectivity index (χ0v) is 21.3. The maximum absolute atomic E-state index is 13.9. The Morgan fingerprint density at radius 3 is 2.19 bits per heavy atom. The van der Waals surface area contributed by atoms with Crippen LogP contribution in [-0.4, -0.2) is 68.0 Å². The molecule has 0 spiro atoms. The number of benzene rings is 3. The molecule has 0 N–H and O–H groups in total. The van der Waals surface area contributed by atoms with E-state index in [0.29, 0.717) is 44.8 Å². The number of ether oxygens (including phenoxy) is 1. The summed E-state index contributed by atoms with van der Waals surface area (Å²) in [6.45, 7) is 5.49. The number of para-hydroxylation sites is 2. The van der Waals surface area contributed by atoms with Crippen molar-refractivity contribution in [2.75, 3.05) is 51.3 Å². The standard InChI is InChI=1S/C30H32FN3O3/c1-21-7-9-22(10-8-21)25-19-34(29(35)23-11-13-24(31)14-12-23)20-26(25)30(36)33-17-15-32(16-18-33)27-5-3-4-6-28(27)37-2/h3-14,25-26H,15-20H2,1-2H3/t25-,26-/m0/s1. The molecule has 6 nitrogen and oxygen atoms in total. The molecule has 37 heavy (non-hydrogen) atoms. The Morgan fingerprint density at radius 1 is 0.838 bits per heavy atom. The summed E-state index contributed by atoms with van der Waals surface area (Å²) in [7, 11) is 1.67. The molecule has 2 aliphatic heterocycles. The molecule has 7 heteroatoms. The van der Waals surface area contributed by atoms with Crippen molar-refractivity contribution in [2.24, 2.45) is 5.92 Å². The van der Waals surface area contributed by atoms with Crippen LogP contribution in [0.4, 0.5) is 10.1 Å². The summed E-state index contributed by atoms with van der Waals surface area (Å²) in [4.78, 5) is 33.0. The van der Waals surface area contributed by atoms with Crippen LogP contribution >= 0.6 is 0 Å². The van der Waals surface area contributed by atoms with Crippen molar-refractivity contribution < 1.29 is 18.7 Å². The Morgan fingerprint density at radius 2 is 1.51 bits per heavy atom. The molecule has 192 valence electrons. The van der Waals surface area contributed by atoms with E-state index >= 15 is 0 Å². The maximum Gasteiger partial charge on any atom is 0.253 e. The number of rotatable bonds is 5. The summed E-state index contributed by atoms with van der Waals surface area (Å²) < 4.78 is 18.9. The molecule has 0 aliphatic carbocycles. The van der Waals surface area contributed by atoms with Crippen LogP contribution in [0.1, 0.15) is 27.4 Å². The van der Waals surface area contributed by atoms with Crippen molar-refractivity contribution in [1.82, 2.24) is 9.80 Å². The average Bonchev–Trinajstić information content (AvgIpc) is 3.38. The number of nitrogens with zero attached hydrogens (tertiary/aromatic N) is 3. The van der Waals surface area contributed by atoms with Crippen molar-refractivity contribution in [3.05, 3.63) is 95.3 Å². The summed E-state index contributed by atoms with van der Waals surface area (Å²) >= 11 is 0. The molecule has 2 saturated heterocycles. The molecule has 0 unspecified atom stereocenters. The number of hydrogen-bond acceptors (Lipinski definition) is 4. The van der Waals surface area contributed by atoms with Gasteiger partial charge in [0, 0.05) is 50.7 Å². The molecule has 2 aliphatic rings. The number of carbonyl (C=O) groups excluding carboxylic acids is 2. The van der Waals surface area contributed by atoms with E-state index in [2.05, 4.69) is 17.0 Å². The van der Waals surface area contributed by atoms with Gasteiger partial charge in [-0.3, -0.25) is 9.59 Å². The monoisotopic (exact) mass is 501 g/mol. The third-order valence-corrected chi connectivity index (χ3v) is 7.54. The predicted molar refractivity (Wildman–Crippen MR) is 142 cm³/mol. The van der Waals surface area contributed by atoms with Crippen LogP contribution in [0.25, 0.3) is 0 Å². The molecule has 0 saturated carbocycles. The number of piperazine rings is 1. The Balaban J connectivity index is 1.33. The first-order chi connectivity index (χ1) is 17.9. The van der Waals surface area contributed by atoms with Crippen molar-refractivity contribution in [1.29, 1.82) is 0 Å². The van der Waals surface area contributed by atoms with Gasteiger partial charge in [0.05, 0.1) is 18.7 Å². The highest BCUT2D eigenvalue weighted by Gasteiger charge is 2.42. The number of halogens is 1. The SMILES string of the molecule is COc1ccccc1N1CCN(C(=O)[C@H]2CN(C(=O)c3ccc(F)cc3)C[C@H]2c2ccc(C)cc2)CC1. The number of aryl methyl sites for hydroxylation is 1. The minimum atomic E-state index is -0.379. The van der Waals surface area contributed by atoms with Crippen LogP contribution in [-0.2, 0) is 4.79 Å². The second kappa shape index (κ2) is 10.6. The summed E-state index contributed by atoms with van der Waals surface area (Å²) in [5.74, 6) is -0.0639. The van der Waals surface area contributed by atoms with Crippen LogP contribution in [0.3, 0.4) is 0 Å². The van der Waals surface area contributed by atoms with Gasteiger partial charge in [-0.05, 0) is 48.9 Å². The molecule has 0 bridgehead atoms.